The Balaban J connectivity index is 1.66. The third kappa shape index (κ3) is 4.26. The minimum absolute atomic E-state index is 0.226. The highest BCUT2D eigenvalue weighted by Crippen LogP contribution is 2.29. The van der Waals surface area contributed by atoms with Gasteiger partial charge in [-0.25, -0.2) is 4.39 Å². The molecule has 0 fully saturated rings. The lowest BCUT2D eigenvalue weighted by Gasteiger charge is -2.17. The van der Waals surface area contributed by atoms with Gasteiger partial charge >= 0.3 is 0 Å². The van der Waals surface area contributed by atoms with E-state index in [1.54, 1.807) is 12.1 Å². The lowest BCUT2D eigenvalue weighted by molar-refractivity contribution is 0.628. The van der Waals surface area contributed by atoms with Gasteiger partial charge in [0.15, 0.2) is 0 Å². The van der Waals surface area contributed by atoms with Crippen molar-refractivity contribution in [3.05, 3.63) is 96.4 Å². The number of pyridine rings is 1. The van der Waals surface area contributed by atoms with Crippen LogP contribution in [0.2, 0.25) is 19.6 Å². The van der Waals surface area contributed by atoms with E-state index < -0.39 is 8.07 Å². The maximum atomic E-state index is 13.6. The van der Waals surface area contributed by atoms with Crippen molar-refractivity contribution in [1.29, 1.82) is 0 Å². The first-order valence-corrected chi connectivity index (χ1v) is 13.8. The van der Waals surface area contributed by atoms with Gasteiger partial charge in [0.05, 0.1) is 13.8 Å². The molecule has 0 aliphatic heterocycles. The van der Waals surface area contributed by atoms with Crippen LogP contribution in [0.3, 0.4) is 0 Å². The summed E-state index contributed by atoms with van der Waals surface area (Å²) in [6, 6.07) is 25.9. The number of nitrogens with zero attached hydrogens (tertiary/aromatic N) is 1. The van der Waals surface area contributed by atoms with E-state index in [2.05, 4.69) is 63.0 Å². The molecule has 0 saturated heterocycles. The Morgan fingerprint density at radius 2 is 1.33 bits per heavy atom. The van der Waals surface area contributed by atoms with Crippen molar-refractivity contribution in [3.63, 3.8) is 0 Å². The molecule has 0 spiro atoms. The summed E-state index contributed by atoms with van der Waals surface area (Å²) in [5.74, 6) is -0.226. The van der Waals surface area contributed by atoms with Crippen LogP contribution in [0.15, 0.2) is 85.1 Å². The van der Waals surface area contributed by atoms with Gasteiger partial charge in [-0.15, -0.1) is 0 Å². The van der Waals surface area contributed by atoms with Gasteiger partial charge in [0, 0.05) is 17.3 Å². The van der Waals surface area contributed by atoms with Gasteiger partial charge in [0.1, 0.15) is 5.82 Å². The van der Waals surface area contributed by atoms with Crippen LogP contribution in [0, 0.1) is 12.7 Å². The van der Waals surface area contributed by atoms with Crippen molar-refractivity contribution in [2.45, 2.75) is 26.6 Å². The van der Waals surface area contributed by atoms with Crippen LogP contribution in [0.25, 0.3) is 33.5 Å². The topological polar surface area (TPSA) is 12.9 Å². The molecular weight excluding hydrogens is 385 g/mol. The summed E-state index contributed by atoms with van der Waals surface area (Å²) in [4.78, 5) is 4.74. The maximum Gasteiger partial charge on any atom is 0.123 e. The van der Waals surface area contributed by atoms with E-state index in [0.29, 0.717) is 0 Å². The highest BCUT2D eigenvalue weighted by molar-refractivity contribution is 6.88. The van der Waals surface area contributed by atoms with Crippen molar-refractivity contribution < 1.29 is 4.39 Å². The minimum Gasteiger partial charge on any atom is -0.256 e. The van der Waals surface area contributed by atoms with Crippen LogP contribution in [0.5, 0.6) is 0 Å². The number of hydrogen-bond acceptors (Lipinski definition) is 1. The van der Waals surface area contributed by atoms with E-state index in [4.69, 9.17) is 4.98 Å². The van der Waals surface area contributed by atoms with Gasteiger partial charge in [-0.3, -0.25) is 4.98 Å². The number of aromatic nitrogens is 1. The molecule has 1 nitrogen and oxygen atoms in total. The fraction of sp³-hybridized carbons (Fsp3) is 0.148. The summed E-state index contributed by atoms with van der Waals surface area (Å²) in [7, 11) is -1.30. The molecule has 0 N–H and O–H groups in total. The largest absolute Gasteiger partial charge is 0.256 e. The normalized spacial score (nSPS) is 11.5. The SMILES string of the molecule is Cc1cc(-c2cccc(-c3cccc(F)c3)c2)ncc1-c1ccc([Si](C)(C)C)cc1. The summed E-state index contributed by atoms with van der Waals surface area (Å²) in [5, 5.41) is 1.46. The van der Waals surface area contributed by atoms with E-state index in [1.165, 1.54) is 22.4 Å². The standard InChI is InChI=1S/C27H26FNSi/c1-19-15-27(23-9-5-7-21(16-23)22-8-6-10-24(28)17-22)29-18-26(19)20-11-13-25(14-12-20)30(2,3)4/h5-18H,1-4H3. The lowest BCUT2D eigenvalue weighted by Crippen LogP contribution is -2.37. The molecule has 0 aliphatic carbocycles. The molecule has 0 unspecified atom stereocenters. The molecular formula is C27H26FNSi. The minimum atomic E-state index is -1.30. The molecule has 150 valence electrons. The van der Waals surface area contributed by atoms with Crippen LogP contribution in [-0.2, 0) is 0 Å². The second-order valence-corrected chi connectivity index (χ2v) is 13.9. The summed E-state index contributed by atoms with van der Waals surface area (Å²) < 4.78 is 13.6. The van der Waals surface area contributed by atoms with Crippen LogP contribution < -0.4 is 5.19 Å². The summed E-state index contributed by atoms with van der Waals surface area (Å²) in [6.07, 6.45) is 1.96. The summed E-state index contributed by atoms with van der Waals surface area (Å²) in [5.41, 5.74) is 7.35. The fourth-order valence-electron chi connectivity index (χ4n) is 3.69. The molecule has 1 heterocycles. The Morgan fingerprint density at radius 1 is 0.700 bits per heavy atom. The number of hydrogen-bond donors (Lipinski definition) is 0. The molecule has 30 heavy (non-hydrogen) atoms. The lowest BCUT2D eigenvalue weighted by atomic mass is 9.98. The Hall–Kier alpha value is -3.04. The van der Waals surface area contributed by atoms with E-state index in [0.717, 1.165) is 27.9 Å². The van der Waals surface area contributed by atoms with Crippen LogP contribution in [0.4, 0.5) is 4.39 Å². The van der Waals surface area contributed by atoms with Gasteiger partial charge in [-0.2, -0.15) is 0 Å². The maximum absolute atomic E-state index is 13.6. The van der Waals surface area contributed by atoms with Gasteiger partial charge in [0.25, 0.3) is 0 Å². The first-order chi connectivity index (χ1) is 14.3. The Morgan fingerprint density at radius 3 is 1.97 bits per heavy atom. The van der Waals surface area contributed by atoms with E-state index in [1.807, 2.05) is 30.5 Å². The monoisotopic (exact) mass is 411 g/mol. The number of aryl methyl sites for hydroxylation is 1. The second kappa shape index (κ2) is 8.00. The van der Waals surface area contributed by atoms with Crippen LogP contribution >= 0.6 is 0 Å². The van der Waals surface area contributed by atoms with Crippen molar-refractivity contribution in [2.75, 3.05) is 0 Å². The van der Waals surface area contributed by atoms with Crippen molar-refractivity contribution in [2.24, 2.45) is 0 Å². The molecule has 0 aliphatic rings. The van der Waals surface area contributed by atoms with E-state index in [-0.39, 0.29) is 5.82 Å². The molecule has 0 atom stereocenters. The molecule has 0 bridgehead atoms. The first kappa shape index (κ1) is 20.2. The van der Waals surface area contributed by atoms with Gasteiger partial charge in [0.2, 0.25) is 0 Å². The molecule has 4 aromatic rings. The van der Waals surface area contributed by atoms with Crippen LogP contribution in [-0.4, -0.2) is 13.1 Å². The predicted octanol–water partition coefficient (Wildman–Crippen LogP) is 7.08. The number of benzene rings is 3. The van der Waals surface area contributed by atoms with Gasteiger partial charge in [-0.1, -0.05) is 79.4 Å². The fourth-order valence-corrected chi connectivity index (χ4v) is 4.86. The molecule has 0 amide bonds. The predicted molar refractivity (Wildman–Crippen MR) is 128 cm³/mol. The number of halogens is 1. The average Bonchev–Trinajstić information content (AvgIpc) is 2.73. The quantitative estimate of drug-likeness (QED) is 0.327. The van der Waals surface area contributed by atoms with E-state index >= 15 is 0 Å². The second-order valence-electron chi connectivity index (χ2n) is 8.80. The molecule has 3 heteroatoms. The molecule has 4 rings (SSSR count). The van der Waals surface area contributed by atoms with E-state index in [9.17, 15) is 4.39 Å². The summed E-state index contributed by atoms with van der Waals surface area (Å²) in [6.45, 7) is 9.22. The smallest absolute Gasteiger partial charge is 0.123 e. The highest BCUT2D eigenvalue weighted by Gasteiger charge is 2.16. The molecule has 1 aromatic heterocycles. The third-order valence-corrected chi connectivity index (χ3v) is 7.55. The summed E-state index contributed by atoms with van der Waals surface area (Å²) >= 11 is 0. The third-order valence-electron chi connectivity index (χ3n) is 5.49. The van der Waals surface area contributed by atoms with Gasteiger partial charge < -0.3 is 0 Å². The zero-order valence-corrected chi connectivity index (χ0v) is 18.9. The number of rotatable bonds is 4. The zero-order valence-electron chi connectivity index (χ0n) is 17.9. The van der Waals surface area contributed by atoms with Crippen molar-refractivity contribution in [1.82, 2.24) is 4.98 Å². The highest BCUT2D eigenvalue weighted by atomic mass is 28.3. The Labute approximate surface area is 179 Å². The molecule has 3 aromatic carbocycles. The Bertz CT molecular complexity index is 1190. The first-order valence-electron chi connectivity index (χ1n) is 10.3. The van der Waals surface area contributed by atoms with Gasteiger partial charge in [-0.05, 0) is 53.4 Å². The Kier molecular flexibility index (Phi) is 5.40. The molecule has 0 radical (unpaired) electrons. The van der Waals surface area contributed by atoms with Crippen molar-refractivity contribution in [3.8, 4) is 33.5 Å². The molecule has 0 saturated carbocycles. The van der Waals surface area contributed by atoms with Crippen LogP contribution in [0.1, 0.15) is 5.56 Å². The average molecular weight is 412 g/mol. The van der Waals surface area contributed by atoms with Crippen molar-refractivity contribution >= 4 is 13.3 Å². The zero-order chi connectivity index (χ0) is 21.3.